The van der Waals surface area contributed by atoms with E-state index in [0.717, 1.165) is 25.7 Å². The Morgan fingerprint density at radius 2 is 1.83 bits per heavy atom. The zero-order valence-corrected chi connectivity index (χ0v) is 11.5. The van der Waals surface area contributed by atoms with Crippen LogP contribution in [0.3, 0.4) is 0 Å². The van der Waals surface area contributed by atoms with Crippen molar-refractivity contribution in [3.8, 4) is 6.07 Å². The van der Waals surface area contributed by atoms with E-state index in [0.29, 0.717) is 6.42 Å². The molecule has 2 aliphatic rings. The van der Waals surface area contributed by atoms with E-state index in [1.54, 1.807) is 0 Å². The Morgan fingerprint density at radius 3 is 2.28 bits per heavy atom. The molecule has 102 valence electrons. The van der Waals surface area contributed by atoms with Gasteiger partial charge in [-0.2, -0.15) is 5.26 Å². The van der Waals surface area contributed by atoms with Gasteiger partial charge in [-0.3, -0.25) is 0 Å². The number of rotatable bonds is 2. The van der Waals surface area contributed by atoms with Crippen LogP contribution in [-0.4, -0.2) is 31.1 Å². The highest BCUT2D eigenvalue weighted by molar-refractivity contribution is 7.91. The largest absolute Gasteiger partial charge is 0.391 e. The third-order valence-electron chi connectivity index (χ3n) is 4.47. The molecule has 2 fully saturated rings. The fraction of sp³-hybridized carbons (Fsp3) is 0.923. The van der Waals surface area contributed by atoms with E-state index < -0.39 is 21.4 Å². The van der Waals surface area contributed by atoms with Gasteiger partial charge in [0.25, 0.3) is 0 Å². The molecule has 0 radical (unpaired) electrons. The molecule has 2 unspecified atom stereocenters. The van der Waals surface area contributed by atoms with E-state index in [1.807, 2.05) is 0 Å². The van der Waals surface area contributed by atoms with E-state index >= 15 is 0 Å². The van der Waals surface area contributed by atoms with Gasteiger partial charge in [-0.25, -0.2) is 8.42 Å². The van der Waals surface area contributed by atoms with Crippen molar-refractivity contribution in [3.63, 3.8) is 0 Å². The molecule has 1 saturated heterocycles. The van der Waals surface area contributed by atoms with Crippen molar-refractivity contribution in [2.75, 3.05) is 11.5 Å². The monoisotopic (exact) mass is 271 g/mol. The second-order valence-electron chi connectivity index (χ2n) is 5.81. The average molecular weight is 271 g/mol. The van der Waals surface area contributed by atoms with Crippen molar-refractivity contribution in [1.82, 2.24) is 0 Å². The molecule has 0 aromatic rings. The third-order valence-corrected chi connectivity index (χ3v) is 6.25. The van der Waals surface area contributed by atoms with Crippen LogP contribution in [0.25, 0.3) is 0 Å². The van der Waals surface area contributed by atoms with Crippen LogP contribution in [0, 0.1) is 22.7 Å². The van der Waals surface area contributed by atoms with Gasteiger partial charge in [-0.1, -0.05) is 25.7 Å². The van der Waals surface area contributed by atoms with E-state index in [4.69, 9.17) is 0 Å². The van der Waals surface area contributed by atoms with Crippen LogP contribution < -0.4 is 0 Å². The molecule has 1 aliphatic heterocycles. The van der Waals surface area contributed by atoms with Crippen LogP contribution >= 0.6 is 0 Å². The lowest BCUT2D eigenvalue weighted by Gasteiger charge is -2.32. The number of nitriles is 1. The van der Waals surface area contributed by atoms with Crippen LogP contribution in [0.15, 0.2) is 0 Å². The summed E-state index contributed by atoms with van der Waals surface area (Å²) in [6.45, 7) is 0. The number of aliphatic hydroxyl groups is 1. The highest BCUT2D eigenvalue weighted by Gasteiger charge is 2.50. The topological polar surface area (TPSA) is 78.2 Å². The lowest BCUT2D eigenvalue weighted by atomic mass is 9.75. The average Bonchev–Trinajstić information content (AvgIpc) is 2.56. The Kier molecular flexibility index (Phi) is 3.98. The number of hydrogen-bond donors (Lipinski definition) is 1. The molecule has 1 saturated carbocycles. The molecule has 5 heteroatoms. The Labute approximate surface area is 109 Å². The normalized spacial score (nSPS) is 34.7. The van der Waals surface area contributed by atoms with Gasteiger partial charge in [-0.05, 0) is 25.2 Å². The minimum absolute atomic E-state index is 0.0460. The maximum absolute atomic E-state index is 11.6. The van der Waals surface area contributed by atoms with Gasteiger partial charge in [0.1, 0.15) is 0 Å². The van der Waals surface area contributed by atoms with Gasteiger partial charge < -0.3 is 5.11 Å². The first-order chi connectivity index (χ1) is 8.49. The van der Waals surface area contributed by atoms with E-state index in [1.165, 1.54) is 12.8 Å². The Bertz CT molecular complexity index is 432. The fourth-order valence-corrected chi connectivity index (χ4v) is 5.32. The summed E-state index contributed by atoms with van der Waals surface area (Å²) in [6, 6.07) is 2.12. The predicted octanol–water partition coefficient (Wildman–Crippen LogP) is 1.65. The van der Waals surface area contributed by atoms with Crippen molar-refractivity contribution in [1.29, 1.82) is 5.26 Å². The van der Waals surface area contributed by atoms with E-state index in [2.05, 4.69) is 6.07 Å². The molecule has 2 rings (SSSR count). The van der Waals surface area contributed by atoms with Crippen molar-refractivity contribution >= 4 is 9.84 Å². The van der Waals surface area contributed by atoms with E-state index in [9.17, 15) is 18.8 Å². The first-order valence-electron chi connectivity index (χ1n) is 6.79. The summed E-state index contributed by atoms with van der Waals surface area (Å²) in [5.74, 6) is -0.0150. The number of hydrogen-bond acceptors (Lipinski definition) is 4. The standard InChI is InChI=1S/C13H21NO3S/c14-9-13(7-8-18(16,17)10-13)12(15)11-5-3-1-2-4-6-11/h11-12,15H,1-8,10H2. The fourth-order valence-electron chi connectivity index (χ4n) is 3.34. The molecule has 1 heterocycles. The zero-order chi connectivity index (χ0) is 13.2. The maximum atomic E-state index is 11.6. The van der Waals surface area contributed by atoms with Gasteiger partial charge >= 0.3 is 0 Å². The smallest absolute Gasteiger partial charge is 0.152 e. The molecule has 0 amide bonds. The summed E-state index contributed by atoms with van der Waals surface area (Å²) >= 11 is 0. The summed E-state index contributed by atoms with van der Waals surface area (Å²) in [7, 11) is -3.14. The molecule has 18 heavy (non-hydrogen) atoms. The maximum Gasteiger partial charge on any atom is 0.152 e. The molecule has 2 atom stereocenters. The Balaban J connectivity index is 2.15. The summed E-state index contributed by atoms with van der Waals surface area (Å²) in [5.41, 5.74) is -1.05. The minimum Gasteiger partial charge on any atom is -0.391 e. The third kappa shape index (κ3) is 2.70. The van der Waals surface area contributed by atoms with Crippen molar-refractivity contribution in [2.45, 2.75) is 51.0 Å². The molecule has 0 aromatic heterocycles. The number of sulfone groups is 1. The van der Waals surface area contributed by atoms with Gasteiger partial charge in [0, 0.05) is 0 Å². The van der Waals surface area contributed by atoms with Crippen molar-refractivity contribution in [3.05, 3.63) is 0 Å². The highest BCUT2D eigenvalue weighted by Crippen LogP contribution is 2.41. The zero-order valence-electron chi connectivity index (χ0n) is 10.6. The van der Waals surface area contributed by atoms with Crippen molar-refractivity contribution in [2.24, 2.45) is 11.3 Å². The van der Waals surface area contributed by atoms with Gasteiger partial charge in [0.05, 0.1) is 29.1 Å². The quantitative estimate of drug-likeness (QED) is 0.774. The van der Waals surface area contributed by atoms with Gasteiger partial charge in [-0.15, -0.1) is 0 Å². The molecule has 1 aliphatic carbocycles. The number of nitrogens with zero attached hydrogens (tertiary/aromatic N) is 1. The summed E-state index contributed by atoms with van der Waals surface area (Å²) in [6.07, 6.45) is 5.88. The molecule has 1 N–H and O–H groups in total. The Hall–Kier alpha value is -0.600. The second kappa shape index (κ2) is 5.18. The lowest BCUT2D eigenvalue weighted by molar-refractivity contribution is 0.0196. The first kappa shape index (κ1) is 13.8. The van der Waals surface area contributed by atoms with E-state index in [-0.39, 0.29) is 17.4 Å². The van der Waals surface area contributed by atoms with Crippen LogP contribution in [0.4, 0.5) is 0 Å². The highest BCUT2D eigenvalue weighted by atomic mass is 32.2. The van der Waals surface area contributed by atoms with Gasteiger partial charge in [0.2, 0.25) is 0 Å². The molecule has 0 aromatic carbocycles. The second-order valence-corrected chi connectivity index (χ2v) is 7.99. The minimum atomic E-state index is -3.14. The summed E-state index contributed by atoms with van der Waals surface area (Å²) < 4.78 is 23.2. The van der Waals surface area contributed by atoms with Crippen LogP contribution in [0.2, 0.25) is 0 Å². The SMILES string of the molecule is N#CC1(C(O)C2CCCCCC2)CCS(=O)(=O)C1. The molecule has 4 nitrogen and oxygen atoms in total. The Morgan fingerprint density at radius 1 is 1.22 bits per heavy atom. The molecule has 0 spiro atoms. The molecule has 0 bridgehead atoms. The molecular formula is C13H21NO3S. The summed E-state index contributed by atoms with van der Waals surface area (Å²) in [5, 5.41) is 19.8. The van der Waals surface area contributed by atoms with Crippen LogP contribution in [-0.2, 0) is 9.84 Å². The lowest BCUT2D eigenvalue weighted by Crippen LogP contribution is -2.40. The molecular weight excluding hydrogens is 250 g/mol. The van der Waals surface area contributed by atoms with Crippen molar-refractivity contribution < 1.29 is 13.5 Å². The first-order valence-corrected chi connectivity index (χ1v) is 8.61. The number of aliphatic hydroxyl groups excluding tert-OH is 1. The van der Waals surface area contributed by atoms with Crippen LogP contribution in [0.1, 0.15) is 44.9 Å². The summed E-state index contributed by atoms with van der Waals surface area (Å²) in [4.78, 5) is 0. The predicted molar refractivity (Wildman–Crippen MR) is 68.5 cm³/mol. The van der Waals surface area contributed by atoms with Crippen LogP contribution in [0.5, 0.6) is 0 Å². The van der Waals surface area contributed by atoms with Gasteiger partial charge in [0.15, 0.2) is 9.84 Å².